The molecule has 1 atom stereocenters. The van der Waals surface area contributed by atoms with Crippen molar-refractivity contribution in [3.05, 3.63) is 39.5 Å². The highest BCUT2D eigenvalue weighted by Crippen LogP contribution is 2.45. The van der Waals surface area contributed by atoms with Crippen LogP contribution in [0.3, 0.4) is 0 Å². The molecule has 1 aromatic carbocycles. The van der Waals surface area contributed by atoms with Gasteiger partial charge in [-0.15, -0.1) is 11.8 Å². The molecule has 3 N–H and O–H groups in total. The molecule has 24 heavy (non-hydrogen) atoms. The normalized spacial score (nSPS) is 21.8. The SMILES string of the molecule is CSC1(N)C=C(C(F)(F)F)NN1c1c(Cl)cc(C(F)(F)F)cc1Cl. The van der Waals surface area contributed by atoms with Crippen molar-refractivity contribution in [2.45, 2.75) is 17.3 Å². The highest BCUT2D eigenvalue weighted by molar-refractivity contribution is 8.00. The Kier molecular flexibility index (Phi) is 4.90. The first-order chi connectivity index (χ1) is 10.8. The van der Waals surface area contributed by atoms with Crippen LogP contribution in [0, 0.1) is 0 Å². The first kappa shape index (κ1) is 19.4. The third kappa shape index (κ3) is 3.51. The van der Waals surface area contributed by atoms with Crippen LogP contribution in [0.25, 0.3) is 0 Å². The Hall–Kier alpha value is -0.970. The van der Waals surface area contributed by atoms with Gasteiger partial charge in [0, 0.05) is 0 Å². The van der Waals surface area contributed by atoms with Crippen LogP contribution in [0.4, 0.5) is 32.0 Å². The van der Waals surface area contributed by atoms with Crippen molar-refractivity contribution in [3.8, 4) is 0 Å². The fraction of sp³-hybridized carbons (Fsp3) is 0.333. The summed E-state index contributed by atoms with van der Waals surface area (Å²) >= 11 is 12.5. The number of nitrogens with one attached hydrogen (secondary N) is 1. The maximum absolute atomic E-state index is 12.9. The molecule has 0 bridgehead atoms. The Morgan fingerprint density at radius 3 is 1.96 bits per heavy atom. The van der Waals surface area contributed by atoms with E-state index in [1.165, 1.54) is 6.26 Å². The number of thioether (sulfide) groups is 1. The van der Waals surface area contributed by atoms with Crippen LogP contribution in [0.1, 0.15) is 5.56 Å². The standard InChI is InChI=1S/C12H9Cl2F6N3S/c1-24-10(21)4-8(12(18,19)20)22-23(10)9-6(13)2-5(3-7(9)14)11(15,16)17/h2-4,22H,21H2,1H3. The summed E-state index contributed by atoms with van der Waals surface area (Å²) in [5, 5.41) is -0.211. The van der Waals surface area contributed by atoms with E-state index in [0.29, 0.717) is 18.2 Å². The first-order valence-electron chi connectivity index (χ1n) is 6.07. The minimum absolute atomic E-state index is 0.293. The second-order valence-electron chi connectivity index (χ2n) is 4.75. The van der Waals surface area contributed by atoms with Crippen molar-refractivity contribution in [3.63, 3.8) is 0 Å². The zero-order valence-corrected chi connectivity index (χ0v) is 14.0. The largest absolute Gasteiger partial charge is 0.432 e. The van der Waals surface area contributed by atoms with Crippen molar-refractivity contribution in [1.29, 1.82) is 0 Å². The quantitative estimate of drug-likeness (QED) is 0.543. The van der Waals surface area contributed by atoms with Gasteiger partial charge in [0.25, 0.3) is 0 Å². The first-order valence-corrected chi connectivity index (χ1v) is 8.05. The number of halogens is 8. The predicted molar refractivity (Wildman–Crippen MR) is 81.7 cm³/mol. The molecule has 134 valence electrons. The lowest BCUT2D eigenvalue weighted by molar-refractivity contribution is -0.137. The van der Waals surface area contributed by atoms with E-state index in [0.717, 1.165) is 16.8 Å². The van der Waals surface area contributed by atoms with E-state index in [4.69, 9.17) is 28.9 Å². The summed E-state index contributed by atoms with van der Waals surface area (Å²) < 4.78 is 77.0. The van der Waals surface area contributed by atoms with Crippen LogP contribution >= 0.6 is 35.0 Å². The van der Waals surface area contributed by atoms with Crippen LogP contribution in [0.15, 0.2) is 23.9 Å². The fourth-order valence-corrected chi connectivity index (χ4v) is 3.19. The molecule has 0 amide bonds. The van der Waals surface area contributed by atoms with Gasteiger partial charge in [-0.05, 0) is 24.5 Å². The summed E-state index contributed by atoms with van der Waals surface area (Å²) in [7, 11) is 0. The van der Waals surface area contributed by atoms with E-state index in [-0.39, 0.29) is 5.69 Å². The van der Waals surface area contributed by atoms with Crippen molar-refractivity contribution in [2.75, 3.05) is 11.3 Å². The van der Waals surface area contributed by atoms with E-state index >= 15 is 0 Å². The maximum Gasteiger partial charge on any atom is 0.432 e. The van der Waals surface area contributed by atoms with Gasteiger partial charge in [0.15, 0.2) is 4.99 Å². The number of rotatable bonds is 2. The van der Waals surface area contributed by atoms with Gasteiger partial charge in [-0.1, -0.05) is 23.2 Å². The van der Waals surface area contributed by atoms with Gasteiger partial charge in [-0.3, -0.25) is 16.2 Å². The Morgan fingerprint density at radius 1 is 1.08 bits per heavy atom. The van der Waals surface area contributed by atoms with Gasteiger partial charge < -0.3 is 0 Å². The lowest BCUT2D eigenvalue weighted by Crippen LogP contribution is -2.54. The van der Waals surface area contributed by atoms with Crippen LogP contribution in [0.2, 0.25) is 10.0 Å². The van der Waals surface area contributed by atoms with Crippen molar-refractivity contribution in [2.24, 2.45) is 5.73 Å². The lowest BCUT2D eigenvalue weighted by atomic mass is 10.2. The van der Waals surface area contributed by atoms with E-state index in [1.807, 2.05) is 5.43 Å². The van der Waals surface area contributed by atoms with Crippen molar-refractivity contribution in [1.82, 2.24) is 5.43 Å². The predicted octanol–water partition coefficient (Wildman–Crippen LogP) is 4.76. The Labute approximate surface area is 146 Å². The van der Waals surface area contributed by atoms with Gasteiger partial charge in [-0.25, -0.2) is 0 Å². The molecule has 0 spiro atoms. The third-order valence-corrected chi connectivity index (χ3v) is 4.66. The number of hydrogen-bond donors (Lipinski definition) is 2. The van der Waals surface area contributed by atoms with E-state index < -0.39 is 38.7 Å². The number of nitrogens with two attached hydrogens (primary N) is 1. The Bertz CT molecular complexity index is 667. The molecule has 1 aliphatic heterocycles. The number of benzene rings is 1. The number of hydrazine groups is 1. The Morgan fingerprint density at radius 2 is 1.58 bits per heavy atom. The van der Waals surface area contributed by atoms with Crippen LogP contribution < -0.4 is 16.2 Å². The highest BCUT2D eigenvalue weighted by Gasteiger charge is 2.47. The van der Waals surface area contributed by atoms with Gasteiger partial charge in [0.05, 0.1) is 21.3 Å². The highest BCUT2D eigenvalue weighted by atomic mass is 35.5. The molecule has 0 saturated carbocycles. The molecule has 0 fully saturated rings. The van der Waals surface area contributed by atoms with E-state index in [1.54, 1.807) is 0 Å². The van der Waals surface area contributed by atoms with Crippen LogP contribution in [-0.4, -0.2) is 17.4 Å². The number of nitrogens with zero attached hydrogens (tertiary/aromatic N) is 1. The van der Waals surface area contributed by atoms with Gasteiger partial charge in [0.1, 0.15) is 5.70 Å². The zero-order chi connectivity index (χ0) is 18.5. The van der Waals surface area contributed by atoms with E-state index in [2.05, 4.69) is 0 Å². The molecule has 1 aliphatic rings. The topological polar surface area (TPSA) is 41.3 Å². The molecule has 1 heterocycles. The molecule has 2 rings (SSSR count). The molecule has 0 saturated heterocycles. The minimum Gasteiger partial charge on any atom is -0.295 e. The third-order valence-electron chi connectivity index (χ3n) is 3.13. The smallest absolute Gasteiger partial charge is 0.295 e. The maximum atomic E-state index is 12.9. The number of hydrogen-bond acceptors (Lipinski definition) is 4. The summed E-state index contributed by atoms with van der Waals surface area (Å²) in [4.78, 5) is -1.75. The summed E-state index contributed by atoms with van der Waals surface area (Å²) in [6, 6.07) is 1.13. The molecule has 0 radical (unpaired) electrons. The lowest BCUT2D eigenvalue weighted by Gasteiger charge is -2.35. The second-order valence-corrected chi connectivity index (χ2v) is 6.62. The van der Waals surface area contributed by atoms with Gasteiger partial charge >= 0.3 is 12.4 Å². The molecule has 0 aromatic heterocycles. The van der Waals surface area contributed by atoms with Crippen LogP contribution in [0.5, 0.6) is 0 Å². The summed E-state index contributed by atoms with van der Waals surface area (Å²) in [6.45, 7) is 0. The summed E-state index contributed by atoms with van der Waals surface area (Å²) in [6.07, 6.45) is -7.32. The molecule has 0 aliphatic carbocycles. The Balaban J connectivity index is 2.53. The van der Waals surface area contributed by atoms with Crippen LogP contribution in [-0.2, 0) is 6.18 Å². The zero-order valence-electron chi connectivity index (χ0n) is 11.7. The average Bonchev–Trinajstić information content (AvgIpc) is 2.76. The molecule has 12 heteroatoms. The molecule has 1 unspecified atom stereocenters. The summed E-state index contributed by atoms with van der Waals surface area (Å²) in [5.41, 5.74) is 5.30. The van der Waals surface area contributed by atoms with E-state index in [9.17, 15) is 26.3 Å². The molecule has 3 nitrogen and oxygen atoms in total. The fourth-order valence-electron chi connectivity index (χ4n) is 1.98. The molecular formula is C12H9Cl2F6N3S. The monoisotopic (exact) mass is 411 g/mol. The number of alkyl halides is 6. The van der Waals surface area contributed by atoms with Gasteiger partial charge in [0.2, 0.25) is 0 Å². The van der Waals surface area contributed by atoms with Gasteiger partial charge in [-0.2, -0.15) is 26.3 Å². The number of anilines is 1. The molecule has 1 aromatic rings. The van der Waals surface area contributed by atoms with Crippen molar-refractivity contribution < 1.29 is 26.3 Å². The minimum atomic E-state index is -4.74. The second kappa shape index (κ2) is 6.08. The summed E-state index contributed by atoms with van der Waals surface area (Å²) in [5.74, 6) is 0. The average molecular weight is 412 g/mol. The number of allylic oxidation sites excluding steroid dienone is 1. The molecular weight excluding hydrogens is 403 g/mol. The van der Waals surface area contributed by atoms with Crippen molar-refractivity contribution >= 4 is 40.7 Å².